The molecule has 112 valence electrons. The molecule has 0 aliphatic rings. The molecule has 0 unspecified atom stereocenters. The zero-order valence-electron chi connectivity index (χ0n) is 12.1. The average Bonchev–Trinajstić information content (AvgIpc) is 2.54. The van der Waals surface area contributed by atoms with Crippen LogP contribution in [0, 0.1) is 5.82 Å². The zero-order valence-corrected chi connectivity index (χ0v) is 12.9. The fraction of sp³-hybridized carbons (Fsp3) is 0.176. The van der Waals surface area contributed by atoms with E-state index in [4.69, 9.17) is 0 Å². The van der Waals surface area contributed by atoms with Gasteiger partial charge in [0.05, 0.1) is 10.9 Å². The van der Waals surface area contributed by atoms with Gasteiger partial charge in [-0.1, -0.05) is 42.1 Å². The number of hydrogen-bond acceptors (Lipinski definition) is 3. The highest BCUT2D eigenvalue weighted by atomic mass is 32.2. The number of halogens is 1. The molecule has 22 heavy (non-hydrogen) atoms. The minimum atomic E-state index is -0.235. The van der Waals surface area contributed by atoms with E-state index in [9.17, 15) is 9.18 Å². The fourth-order valence-electron chi connectivity index (χ4n) is 2.29. The van der Waals surface area contributed by atoms with Crippen LogP contribution in [0.4, 0.5) is 4.39 Å². The number of benzene rings is 2. The van der Waals surface area contributed by atoms with Crippen LogP contribution >= 0.6 is 11.8 Å². The summed E-state index contributed by atoms with van der Waals surface area (Å²) in [7, 11) is 0. The van der Waals surface area contributed by atoms with E-state index < -0.39 is 0 Å². The van der Waals surface area contributed by atoms with Crippen LogP contribution in [0.15, 0.2) is 58.5 Å². The molecular formula is C17H15FN2OS. The van der Waals surface area contributed by atoms with E-state index >= 15 is 0 Å². The molecule has 0 saturated carbocycles. The Balaban J connectivity index is 2.00. The quantitative estimate of drug-likeness (QED) is 0.542. The van der Waals surface area contributed by atoms with Gasteiger partial charge in [-0.3, -0.25) is 9.36 Å². The molecule has 0 atom stereocenters. The Morgan fingerprint density at radius 2 is 1.86 bits per heavy atom. The third-order valence-corrected chi connectivity index (χ3v) is 4.48. The maximum atomic E-state index is 13.7. The Kier molecular flexibility index (Phi) is 4.24. The molecule has 0 bridgehead atoms. The highest BCUT2D eigenvalue weighted by Gasteiger charge is 2.11. The van der Waals surface area contributed by atoms with E-state index in [0.717, 1.165) is 0 Å². The van der Waals surface area contributed by atoms with Crippen LogP contribution in [0.1, 0.15) is 12.5 Å². The van der Waals surface area contributed by atoms with Crippen molar-refractivity contribution in [1.29, 1.82) is 0 Å². The zero-order chi connectivity index (χ0) is 15.5. The van der Waals surface area contributed by atoms with Crippen LogP contribution < -0.4 is 5.56 Å². The van der Waals surface area contributed by atoms with E-state index in [1.54, 1.807) is 28.8 Å². The molecular weight excluding hydrogens is 299 g/mol. The van der Waals surface area contributed by atoms with Crippen molar-refractivity contribution in [2.75, 3.05) is 0 Å². The number of aromatic nitrogens is 2. The standard InChI is InChI=1S/C17H15FN2OS/c1-2-20-16(21)13-8-4-6-10-15(13)19-17(20)22-11-12-7-3-5-9-14(12)18/h3-10H,2,11H2,1H3. The summed E-state index contributed by atoms with van der Waals surface area (Å²) in [5.41, 5.74) is 1.23. The smallest absolute Gasteiger partial charge is 0.262 e. The summed E-state index contributed by atoms with van der Waals surface area (Å²) in [4.78, 5) is 17.0. The largest absolute Gasteiger partial charge is 0.287 e. The second-order valence-corrected chi connectivity index (χ2v) is 5.78. The lowest BCUT2D eigenvalue weighted by Crippen LogP contribution is -2.22. The molecule has 5 heteroatoms. The number of para-hydroxylation sites is 1. The van der Waals surface area contributed by atoms with Crippen LogP contribution in [0.25, 0.3) is 10.9 Å². The first-order valence-electron chi connectivity index (χ1n) is 7.06. The molecule has 1 aromatic heterocycles. The van der Waals surface area contributed by atoms with E-state index in [-0.39, 0.29) is 11.4 Å². The van der Waals surface area contributed by atoms with Gasteiger partial charge in [-0.2, -0.15) is 0 Å². The lowest BCUT2D eigenvalue weighted by molar-refractivity contribution is 0.616. The van der Waals surface area contributed by atoms with E-state index in [1.165, 1.54) is 17.8 Å². The molecule has 0 aliphatic carbocycles. The van der Waals surface area contributed by atoms with Crippen molar-refractivity contribution in [3.63, 3.8) is 0 Å². The number of hydrogen-bond donors (Lipinski definition) is 0. The number of nitrogens with zero attached hydrogens (tertiary/aromatic N) is 2. The van der Waals surface area contributed by atoms with Gasteiger partial charge >= 0.3 is 0 Å². The van der Waals surface area contributed by atoms with Crippen molar-refractivity contribution in [1.82, 2.24) is 9.55 Å². The second-order valence-electron chi connectivity index (χ2n) is 4.84. The number of thioether (sulfide) groups is 1. The van der Waals surface area contributed by atoms with Crippen molar-refractivity contribution in [2.24, 2.45) is 0 Å². The Hall–Kier alpha value is -2.14. The first-order chi connectivity index (χ1) is 10.7. The maximum Gasteiger partial charge on any atom is 0.262 e. The van der Waals surface area contributed by atoms with Gasteiger partial charge in [-0.05, 0) is 30.7 Å². The van der Waals surface area contributed by atoms with Crippen LogP contribution in [0.2, 0.25) is 0 Å². The van der Waals surface area contributed by atoms with Gasteiger partial charge < -0.3 is 0 Å². The molecule has 0 spiro atoms. The maximum absolute atomic E-state index is 13.7. The van der Waals surface area contributed by atoms with Gasteiger partial charge in [0.15, 0.2) is 5.16 Å². The topological polar surface area (TPSA) is 34.9 Å². The van der Waals surface area contributed by atoms with Gasteiger partial charge in [0.2, 0.25) is 0 Å². The summed E-state index contributed by atoms with van der Waals surface area (Å²) in [6.07, 6.45) is 0. The molecule has 0 fully saturated rings. The molecule has 2 aromatic carbocycles. The summed E-state index contributed by atoms with van der Waals surface area (Å²) >= 11 is 1.38. The number of fused-ring (bicyclic) bond motifs is 1. The monoisotopic (exact) mass is 314 g/mol. The van der Waals surface area contributed by atoms with Crippen LogP contribution in [0.5, 0.6) is 0 Å². The Bertz CT molecular complexity index is 876. The van der Waals surface area contributed by atoms with Gasteiger partial charge in [0, 0.05) is 12.3 Å². The van der Waals surface area contributed by atoms with Crippen molar-refractivity contribution in [2.45, 2.75) is 24.4 Å². The molecule has 3 aromatic rings. The van der Waals surface area contributed by atoms with Crippen molar-refractivity contribution >= 4 is 22.7 Å². The minimum absolute atomic E-state index is 0.0517. The summed E-state index contributed by atoms with van der Waals surface area (Å²) in [6.45, 7) is 2.45. The van der Waals surface area contributed by atoms with Crippen molar-refractivity contribution in [3.8, 4) is 0 Å². The molecule has 0 N–H and O–H groups in total. The lowest BCUT2D eigenvalue weighted by atomic mass is 10.2. The lowest BCUT2D eigenvalue weighted by Gasteiger charge is -2.11. The van der Waals surface area contributed by atoms with Crippen molar-refractivity contribution in [3.05, 3.63) is 70.3 Å². The second kappa shape index (κ2) is 6.32. The first-order valence-corrected chi connectivity index (χ1v) is 8.05. The number of rotatable bonds is 4. The molecule has 3 rings (SSSR count). The normalized spacial score (nSPS) is 11.0. The van der Waals surface area contributed by atoms with Crippen LogP contribution in [-0.4, -0.2) is 9.55 Å². The summed E-state index contributed by atoms with van der Waals surface area (Å²) in [6, 6.07) is 14.0. The molecule has 0 saturated heterocycles. The minimum Gasteiger partial charge on any atom is -0.287 e. The molecule has 0 amide bonds. The highest BCUT2D eigenvalue weighted by Crippen LogP contribution is 2.23. The molecule has 0 radical (unpaired) electrons. The fourth-order valence-corrected chi connectivity index (χ4v) is 3.34. The van der Waals surface area contributed by atoms with Gasteiger partial charge in [0.25, 0.3) is 5.56 Å². The van der Waals surface area contributed by atoms with Gasteiger partial charge in [0.1, 0.15) is 5.82 Å². The third kappa shape index (κ3) is 2.76. The van der Waals surface area contributed by atoms with E-state index in [0.29, 0.717) is 33.9 Å². The van der Waals surface area contributed by atoms with Gasteiger partial charge in [-0.25, -0.2) is 9.37 Å². The first kappa shape index (κ1) is 14.8. The predicted octanol–water partition coefficient (Wildman–Crippen LogP) is 3.85. The summed E-state index contributed by atoms with van der Waals surface area (Å²) < 4.78 is 15.3. The Labute approximate surface area is 131 Å². The van der Waals surface area contributed by atoms with Crippen LogP contribution in [0.3, 0.4) is 0 Å². The summed E-state index contributed by atoms with van der Waals surface area (Å²) in [5.74, 6) is 0.207. The highest BCUT2D eigenvalue weighted by molar-refractivity contribution is 7.98. The Morgan fingerprint density at radius 3 is 2.64 bits per heavy atom. The van der Waals surface area contributed by atoms with Crippen LogP contribution in [-0.2, 0) is 12.3 Å². The molecule has 0 aliphatic heterocycles. The SMILES string of the molecule is CCn1c(SCc2ccccc2F)nc2ccccc2c1=O. The molecule has 1 heterocycles. The predicted molar refractivity (Wildman–Crippen MR) is 87.6 cm³/mol. The average molecular weight is 314 g/mol. The third-order valence-electron chi connectivity index (χ3n) is 3.46. The Morgan fingerprint density at radius 1 is 1.14 bits per heavy atom. The van der Waals surface area contributed by atoms with E-state index in [2.05, 4.69) is 4.98 Å². The van der Waals surface area contributed by atoms with Gasteiger partial charge in [-0.15, -0.1) is 0 Å². The molecule has 3 nitrogen and oxygen atoms in total. The summed E-state index contributed by atoms with van der Waals surface area (Å²) in [5, 5.41) is 1.23. The van der Waals surface area contributed by atoms with Crippen molar-refractivity contribution < 1.29 is 4.39 Å². The van der Waals surface area contributed by atoms with E-state index in [1.807, 2.05) is 25.1 Å².